The summed E-state index contributed by atoms with van der Waals surface area (Å²) in [4.78, 5) is 18.7. The minimum atomic E-state index is -0.0504. The van der Waals surface area contributed by atoms with E-state index in [1.165, 1.54) is 13.0 Å². The van der Waals surface area contributed by atoms with Gasteiger partial charge in [-0.3, -0.25) is 9.79 Å². The van der Waals surface area contributed by atoms with Crippen LogP contribution in [0.3, 0.4) is 0 Å². The topological polar surface area (TPSA) is 78.0 Å². The number of hydrogen-bond donors (Lipinski definition) is 3. The molecule has 1 saturated heterocycles. The predicted octanol–water partition coefficient (Wildman–Crippen LogP) is 2.50. The number of piperidine rings is 1. The number of aliphatic imine (C=N–C) groups is 1. The molecule has 0 spiro atoms. The third kappa shape index (κ3) is 8.67. The molecule has 1 aliphatic heterocycles. The van der Waals surface area contributed by atoms with Crippen LogP contribution in [0.15, 0.2) is 29.3 Å². The van der Waals surface area contributed by atoms with Gasteiger partial charge in [0.2, 0.25) is 0 Å². The maximum Gasteiger partial charge on any atom is 0.258 e. The molecule has 3 rings (SSSR count). The minimum absolute atomic E-state index is 0. The van der Waals surface area contributed by atoms with Crippen molar-refractivity contribution in [1.82, 2.24) is 20.9 Å². The Labute approximate surface area is 197 Å². The number of rotatable bonds is 9. The highest BCUT2D eigenvalue weighted by Gasteiger charge is 2.23. The lowest BCUT2D eigenvalue weighted by atomic mass is 10.1. The number of likely N-dealkylation sites (tertiary alicyclic amines) is 1. The fourth-order valence-corrected chi connectivity index (χ4v) is 3.58. The quantitative estimate of drug-likeness (QED) is 0.261. The number of nitrogens with zero attached hydrogens (tertiary/aromatic N) is 2. The van der Waals surface area contributed by atoms with E-state index in [1.54, 1.807) is 7.05 Å². The summed E-state index contributed by atoms with van der Waals surface area (Å²) in [5.41, 5.74) is 1.09. The molecule has 1 heterocycles. The third-order valence-electron chi connectivity index (χ3n) is 5.36. The molecule has 1 amide bonds. The van der Waals surface area contributed by atoms with Gasteiger partial charge in [-0.25, -0.2) is 0 Å². The SMILES string of the molecule is CCCN1CCC(NC(=NC)NCc2cccc(OCC(=O)NC3CC3)c2)CC1.I. The first-order chi connectivity index (χ1) is 14.2. The van der Waals surface area contributed by atoms with Crippen molar-refractivity contribution in [1.29, 1.82) is 0 Å². The second-order valence-electron chi connectivity index (χ2n) is 7.96. The van der Waals surface area contributed by atoms with Crippen LogP contribution >= 0.6 is 24.0 Å². The van der Waals surface area contributed by atoms with Crippen LogP contribution in [0.1, 0.15) is 44.6 Å². The third-order valence-corrected chi connectivity index (χ3v) is 5.36. The number of hydrogen-bond acceptors (Lipinski definition) is 4. The van der Waals surface area contributed by atoms with Crippen LogP contribution in [-0.4, -0.2) is 62.1 Å². The Kier molecular flexibility index (Phi) is 10.7. The van der Waals surface area contributed by atoms with E-state index in [-0.39, 0.29) is 36.5 Å². The van der Waals surface area contributed by atoms with Crippen molar-refractivity contribution in [2.24, 2.45) is 4.99 Å². The first kappa shape index (κ1) is 24.7. The summed E-state index contributed by atoms with van der Waals surface area (Å²) in [5, 5.41) is 9.86. The van der Waals surface area contributed by atoms with Gasteiger partial charge >= 0.3 is 0 Å². The minimum Gasteiger partial charge on any atom is -0.484 e. The van der Waals surface area contributed by atoms with E-state index in [0.717, 1.165) is 50.3 Å². The zero-order chi connectivity index (χ0) is 20.5. The summed E-state index contributed by atoms with van der Waals surface area (Å²) in [7, 11) is 1.81. The molecule has 30 heavy (non-hydrogen) atoms. The lowest BCUT2D eigenvalue weighted by molar-refractivity contribution is -0.123. The number of carbonyl (C=O) groups excluding carboxylic acids is 1. The summed E-state index contributed by atoms with van der Waals surface area (Å²) in [5.74, 6) is 1.49. The summed E-state index contributed by atoms with van der Waals surface area (Å²) in [6.45, 7) is 6.44. The Morgan fingerprint density at radius 1 is 1.17 bits per heavy atom. The fourth-order valence-electron chi connectivity index (χ4n) is 3.58. The molecule has 0 unspecified atom stereocenters. The highest BCUT2D eigenvalue weighted by molar-refractivity contribution is 14.0. The van der Waals surface area contributed by atoms with E-state index < -0.39 is 0 Å². The Bertz CT molecular complexity index is 688. The van der Waals surface area contributed by atoms with Gasteiger partial charge < -0.3 is 25.6 Å². The number of nitrogens with one attached hydrogen (secondary N) is 3. The van der Waals surface area contributed by atoms with E-state index >= 15 is 0 Å². The molecular weight excluding hydrogens is 493 g/mol. The second kappa shape index (κ2) is 13.0. The molecule has 2 fully saturated rings. The van der Waals surface area contributed by atoms with Gasteiger partial charge in [-0.1, -0.05) is 19.1 Å². The molecule has 1 aromatic carbocycles. The van der Waals surface area contributed by atoms with Crippen molar-refractivity contribution in [3.63, 3.8) is 0 Å². The molecule has 1 aliphatic carbocycles. The van der Waals surface area contributed by atoms with Crippen molar-refractivity contribution in [2.75, 3.05) is 33.3 Å². The number of guanidine groups is 1. The Hall–Kier alpha value is -1.55. The number of carbonyl (C=O) groups is 1. The molecular formula is C22H36IN5O2. The van der Waals surface area contributed by atoms with E-state index in [2.05, 4.69) is 32.8 Å². The maximum atomic E-state index is 11.8. The first-order valence-corrected chi connectivity index (χ1v) is 10.9. The van der Waals surface area contributed by atoms with Crippen LogP contribution in [0.5, 0.6) is 5.75 Å². The van der Waals surface area contributed by atoms with Gasteiger partial charge in [0, 0.05) is 38.8 Å². The summed E-state index contributed by atoms with van der Waals surface area (Å²) in [6.07, 6.45) is 5.68. The average molecular weight is 529 g/mol. The van der Waals surface area contributed by atoms with E-state index in [9.17, 15) is 4.79 Å². The van der Waals surface area contributed by atoms with Gasteiger partial charge in [0.25, 0.3) is 5.91 Å². The lowest BCUT2D eigenvalue weighted by Gasteiger charge is -2.32. The lowest BCUT2D eigenvalue weighted by Crippen LogP contribution is -2.48. The zero-order valence-electron chi connectivity index (χ0n) is 18.2. The van der Waals surface area contributed by atoms with Crippen LogP contribution in [0.4, 0.5) is 0 Å². The van der Waals surface area contributed by atoms with E-state index in [1.807, 2.05) is 24.3 Å². The summed E-state index contributed by atoms with van der Waals surface area (Å²) < 4.78 is 5.63. The van der Waals surface area contributed by atoms with E-state index in [4.69, 9.17) is 4.74 Å². The summed E-state index contributed by atoms with van der Waals surface area (Å²) >= 11 is 0. The fraction of sp³-hybridized carbons (Fsp3) is 0.636. The van der Waals surface area contributed by atoms with Crippen molar-refractivity contribution >= 4 is 35.8 Å². The monoisotopic (exact) mass is 529 g/mol. The van der Waals surface area contributed by atoms with Gasteiger partial charge in [-0.15, -0.1) is 24.0 Å². The molecule has 0 radical (unpaired) electrons. The smallest absolute Gasteiger partial charge is 0.258 e. The highest BCUT2D eigenvalue weighted by Crippen LogP contribution is 2.18. The molecule has 2 aliphatic rings. The van der Waals surface area contributed by atoms with Crippen LogP contribution in [0, 0.1) is 0 Å². The largest absolute Gasteiger partial charge is 0.484 e. The molecule has 0 atom stereocenters. The van der Waals surface area contributed by atoms with Crippen molar-refractivity contribution in [3.05, 3.63) is 29.8 Å². The number of ether oxygens (including phenoxy) is 1. The standard InChI is InChI=1S/C22H35N5O2.HI/c1-3-11-27-12-9-19(10-13-27)26-22(23-2)24-15-17-5-4-6-20(14-17)29-16-21(28)25-18-7-8-18;/h4-6,14,18-19H,3,7-13,15-16H2,1-2H3,(H,25,28)(H2,23,24,26);1H. The van der Waals surface area contributed by atoms with Crippen LogP contribution < -0.4 is 20.7 Å². The average Bonchev–Trinajstić information content (AvgIpc) is 3.55. The Morgan fingerprint density at radius 3 is 2.57 bits per heavy atom. The molecule has 3 N–H and O–H groups in total. The highest BCUT2D eigenvalue weighted by atomic mass is 127. The summed E-state index contributed by atoms with van der Waals surface area (Å²) in [6, 6.07) is 8.67. The number of benzene rings is 1. The molecule has 1 saturated carbocycles. The van der Waals surface area contributed by atoms with Gasteiger partial charge in [0.05, 0.1) is 0 Å². The van der Waals surface area contributed by atoms with Crippen molar-refractivity contribution in [2.45, 2.75) is 57.7 Å². The number of halogens is 1. The first-order valence-electron chi connectivity index (χ1n) is 10.9. The van der Waals surface area contributed by atoms with Crippen LogP contribution in [-0.2, 0) is 11.3 Å². The van der Waals surface area contributed by atoms with E-state index in [0.29, 0.717) is 24.4 Å². The Morgan fingerprint density at radius 2 is 1.90 bits per heavy atom. The van der Waals surface area contributed by atoms with Gasteiger partial charge in [-0.2, -0.15) is 0 Å². The van der Waals surface area contributed by atoms with Crippen LogP contribution in [0.25, 0.3) is 0 Å². The predicted molar refractivity (Wildman–Crippen MR) is 132 cm³/mol. The van der Waals surface area contributed by atoms with Gasteiger partial charge in [0.15, 0.2) is 12.6 Å². The second-order valence-corrected chi connectivity index (χ2v) is 7.96. The normalized spacial score (nSPS) is 17.7. The van der Waals surface area contributed by atoms with Crippen molar-refractivity contribution < 1.29 is 9.53 Å². The van der Waals surface area contributed by atoms with Gasteiger partial charge in [0.1, 0.15) is 5.75 Å². The number of amides is 1. The molecule has 0 aromatic heterocycles. The Balaban J connectivity index is 0.00000320. The zero-order valence-corrected chi connectivity index (χ0v) is 20.5. The molecule has 168 valence electrons. The molecule has 0 bridgehead atoms. The van der Waals surface area contributed by atoms with Crippen LogP contribution in [0.2, 0.25) is 0 Å². The van der Waals surface area contributed by atoms with Gasteiger partial charge in [-0.05, 0) is 56.3 Å². The van der Waals surface area contributed by atoms with Crippen molar-refractivity contribution in [3.8, 4) is 5.75 Å². The molecule has 7 nitrogen and oxygen atoms in total. The molecule has 1 aromatic rings. The maximum absolute atomic E-state index is 11.8. The molecule has 8 heteroatoms.